The van der Waals surface area contributed by atoms with Crippen molar-refractivity contribution in [2.75, 3.05) is 0 Å². The van der Waals surface area contributed by atoms with Gasteiger partial charge in [0.25, 0.3) is 0 Å². The molecule has 2 unspecified atom stereocenters. The van der Waals surface area contributed by atoms with Gasteiger partial charge in [-0.2, -0.15) is 0 Å². The Hall–Kier alpha value is 0.140. The van der Waals surface area contributed by atoms with Crippen LogP contribution < -0.4 is 5.73 Å². The zero-order chi connectivity index (χ0) is 10.1. The minimum Gasteiger partial charge on any atom is -0.328 e. The van der Waals surface area contributed by atoms with Crippen LogP contribution in [0.15, 0.2) is 27.1 Å². The Morgan fingerprint density at radius 1 is 1.21 bits per heavy atom. The normalized spacial score (nSPS) is 26.8. The molecule has 1 saturated carbocycles. The van der Waals surface area contributed by atoms with Crippen molar-refractivity contribution < 1.29 is 0 Å². The summed E-state index contributed by atoms with van der Waals surface area (Å²) in [5.74, 6) is 0.646. The molecule has 1 nitrogen and oxygen atoms in total. The summed E-state index contributed by atoms with van der Waals surface area (Å²) in [6.45, 7) is 0. The van der Waals surface area contributed by atoms with Crippen molar-refractivity contribution in [2.45, 2.75) is 31.2 Å². The molecule has 1 aromatic rings. The quantitative estimate of drug-likeness (QED) is 0.837. The van der Waals surface area contributed by atoms with E-state index in [1.165, 1.54) is 16.5 Å². The molecule has 0 saturated heterocycles. The molecule has 3 heteroatoms. The fourth-order valence-corrected chi connectivity index (χ4v) is 3.50. The monoisotopic (exact) mass is 317 g/mol. The van der Waals surface area contributed by atoms with Crippen LogP contribution in [0.2, 0.25) is 0 Å². The van der Waals surface area contributed by atoms with Gasteiger partial charge in [0.15, 0.2) is 0 Å². The maximum Gasteiger partial charge on any atom is 0.0221 e. The van der Waals surface area contributed by atoms with Crippen molar-refractivity contribution >= 4 is 31.9 Å². The van der Waals surface area contributed by atoms with E-state index in [4.69, 9.17) is 5.73 Å². The van der Waals surface area contributed by atoms with E-state index >= 15 is 0 Å². The van der Waals surface area contributed by atoms with Crippen molar-refractivity contribution in [1.82, 2.24) is 0 Å². The fraction of sp³-hybridized carbons (Fsp3) is 0.455. The highest BCUT2D eigenvalue weighted by atomic mass is 79.9. The first-order valence-electron chi connectivity index (χ1n) is 4.87. The van der Waals surface area contributed by atoms with E-state index in [0.29, 0.717) is 12.0 Å². The average molecular weight is 319 g/mol. The standard InChI is InChI=1S/C11H13Br2N/c12-8-2-4-10(11(13)6-8)7-1-3-9(14)5-7/h2,4,6-7,9H,1,3,5,14H2. The molecule has 1 aliphatic carbocycles. The molecule has 0 radical (unpaired) electrons. The van der Waals surface area contributed by atoms with Gasteiger partial charge in [-0.05, 0) is 42.9 Å². The first-order chi connectivity index (χ1) is 6.66. The predicted molar refractivity (Wildman–Crippen MR) is 66.4 cm³/mol. The molecular weight excluding hydrogens is 306 g/mol. The summed E-state index contributed by atoms with van der Waals surface area (Å²) >= 11 is 7.07. The van der Waals surface area contributed by atoms with Crippen molar-refractivity contribution in [1.29, 1.82) is 0 Å². The number of hydrogen-bond acceptors (Lipinski definition) is 1. The lowest BCUT2D eigenvalue weighted by Crippen LogP contribution is -2.14. The fourth-order valence-electron chi connectivity index (χ4n) is 2.13. The Kier molecular flexibility index (Phi) is 3.30. The Labute approximate surface area is 101 Å². The summed E-state index contributed by atoms with van der Waals surface area (Å²) in [6, 6.07) is 6.80. The molecule has 0 amide bonds. The van der Waals surface area contributed by atoms with Crippen LogP contribution in [-0.4, -0.2) is 6.04 Å². The zero-order valence-corrected chi connectivity index (χ0v) is 11.0. The van der Waals surface area contributed by atoms with E-state index in [1.54, 1.807) is 0 Å². The van der Waals surface area contributed by atoms with Crippen LogP contribution in [0.5, 0.6) is 0 Å². The van der Waals surface area contributed by atoms with Gasteiger partial charge in [0.05, 0.1) is 0 Å². The largest absolute Gasteiger partial charge is 0.328 e. The zero-order valence-electron chi connectivity index (χ0n) is 7.84. The van der Waals surface area contributed by atoms with Gasteiger partial charge in [-0.3, -0.25) is 0 Å². The van der Waals surface area contributed by atoms with Crippen LogP contribution in [0.4, 0.5) is 0 Å². The van der Waals surface area contributed by atoms with Crippen molar-refractivity contribution in [3.8, 4) is 0 Å². The smallest absolute Gasteiger partial charge is 0.0221 e. The van der Waals surface area contributed by atoms with Crippen molar-refractivity contribution in [3.05, 3.63) is 32.7 Å². The van der Waals surface area contributed by atoms with Crippen LogP contribution in [-0.2, 0) is 0 Å². The predicted octanol–water partition coefficient (Wildman–Crippen LogP) is 3.81. The maximum atomic E-state index is 5.92. The van der Waals surface area contributed by atoms with Gasteiger partial charge < -0.3 is 5.73 Å². The number of benzene rings is 1. The Balaban J connectivity index is 2.24. The number of halogens is 2. The lowest BCUT2D eigenvalue weighted by molar-refractivity contribution is 0.673. The molecule has 0 aliphatic heterocycles. The summed E-state index contributed by atoms with van der Waals surface area (Å²) in [7, 11) is 0. The van der Waals surface area contributed by atoms with Gasteiger partial charge in [0, 0.05) is 15.0 Å². The Morgan fingerprint density at radius 3 is 2.57 bits per heavy atom. The van der Waals surface area contributed by atoms with E-state index in [0.717, 1.165) is 17.3 Å². The molecule has 14 heavy (non-hydrogen) atoms. The summed E-state index contributed by atoms with van der Waals surface area (Å²) in [5, 5.41) is 0. The van der Waals surface area contributed by atoms with Gasteiger partial charge in [-0.15, -0.1) is 0 Å². The van der Waals surface area contributed by atoms with Gasteiger partial charge in [-0.25, -0.2) is 0 Å². The second-order valence-corrected chi connectivity index (χ2v) is 5.71. The van der Waals surface area contributed by atoms with E-state index < -0.39 is 0 Å². The third kappa shape index (κ3) is 2.20. The lowest BCUT2D eigenvalue weighted by atomic mass is 9.98. The van der Waals surface area contributed by atoms with E-state index in [-0.39, 0.29) is 0 Å². The highest BCUT2D eigenvalue weighted by Gasteiger charge is 2.24. The van der Waals surface area contributed by atoms with Crippen LogP contribution in [0.1, 0.15) is 30.7 Å². The minimum atomic E-state index is 0.399. The molecule has 0 bridgehead atoms. The first-order valence-corrected chi connectivity index (χ1v) is 6.46. The third-order valence-electron chi connectivity index (χ3n) is 2.88. The van der Waals surface area contributed by atoms with Gasteiger partial charge >= 0.3 is 0 Å². The minimum absolute atomic E-state index is 0.399. The Bertz CT molecular complexity index is 338. The molecule has 76 valence electrons. The van der Waals surface area contributed by atoms with E-state index in [2.05, 4.69) is 50.1 Å². The Morgan fingerprint density at radius 2 is 2.00 bits per heavy atom. The van der Waals surface area contributed by atoms with Crippen LogP contribution in [0, 0.1) is 0 Å². The third-order valence-corrected chi connectivity index (χ3v) is 4.06. The van der Waals surface area contributed by atoms with E-state index in [1.807, 2.05) is 0 Å². The molecule has 2 atom stereocenters. The molecular formula is C11H13Br2N. The molecule has 1 aliphatic rings. The summed E-state index contributed by atoms with van der Waals surface area (Å²) in [6.07, 6.45) is 3.51. The van der Waals surface area contributed by atoms with Crippen LogP contribution >= 0.6 is 31.9 Å². The molecule has 0 aromatic heterocycles. The second kappa shape index (κ2) is 4.33. The summed E-state index contributed by atoms with van der Waals surface area (Å²) < 4.78 is 2.32. The van der Waals surface area contributed by atoms with Crippen molar-refractivity contribution in [3.63, 3.8) is 0 Å². The second-order valence-electron chi connectivity index (χ2n) is 3.94. The van der Waals surface area contributed by atoms with Crippen LogP contribution in [0.25, 0.3) is 0 Å². The summed E-state index contributed by atoms with van der Waals surface area (Å²) in [4.78, 5) is 0. The molecule has 1 aromatic carbocycles. The highest BCUT2D eigenvalue weighted by molar-refractivity contribution is 9.11. The van der Waals surface area contributed by atoms with Gasteiger partial charge in [0.2, 0.25) is 0 Å². The van der Waals surface area contributed by atoms with Gasteiger partial charge in [0.1, 0.15) is 0 Å². The molecule has 1 fully saturated rings. The van der Waals surface area contributed by atoms with Gasteiger partial charge in [-0.1, -0.05) is 37.9 Å². The molecule has 2 N–H and O–H groups in total. The van der Waals surface area contributed by atoms with Crippen molar-refractivity contribution in [2.24, 2.45) is 5.73 Å². The molecule has 2 rings (SSSR count). The SMILES string of the molecule is NC1CCC(c2ccc(Br)cc2Br)C1. The maximum absolute atomic E-state index is 5.92. The molecule has 0 spiro atoms. The highest BCUT2D eigenvalue weighted by Crippen LogP contribution is 2.38. The lowest BCUT2D eigenvalue weighted by Gasteiger charge is -2.12. The molecule has 0 heterocycles. The number of hydrogen-bond donors (Lipinski definition) is 1. The average Bonchev–Trinajstić information content (AvgIpc) is 2.51. The number of nitrogens with two attached hydrogens (primary N) is 1. The summed E-state index contributed by atoms with van der Waals surface area (Å²) in [5.41, 5.74) is 7.32. The topological polar surface area (TPSA) is 26.0 Å². The van der Waals surface area contributed by atoms with Crippen LogP contribution in [0.3, 0.4) is 0 Å². The first kappa shape index (κ1) is 10.7. The van der Waals surface area contributed by atoms with E-state index in [9.17, 15) is 0 Å². The number of rotatable bonds is 1.